The van der Waals surface area contributed by atoms with Crippen LogP contribution in [-0.2, 0) is 10.0 Å². The second-order valence-electron chi connectivity index (χ2n) is 4.20. The third-order valence-corrected chi connectivity index (χ3v) is 4.15. The molecule has 98 valence electrons. The highest BCUT2D eigenvalue weighted by atomic mass is 32.2. The molecule has 1 unspecified atom stereocenters. The molecule has 0 aromatic carbocycles. The molecule has 0 aromatic rings. The van der Waals surface area contributed by atoms with Crippen LogP contribution in [0, 0.1) is 11.3 Å². The molecule has 0 aliphatic carbocycles. The van der Waals surface area contributed by atoms with Crippen LogP contribution in [-0.4, -0.2) is 69.2 Å². The van der Waals surface area contributed by atoms with Crippen LogP contribution in [0.3, 0.4) is 0 Å². The second kappa shape index (κ2) is 6.31. The lowest BCUT2D eigenvalue weighted by molar-refractivity contribution is 0.181. The van der Waals surface area contributed by atoms with Crippen LogP contribution < -0.4 is 5.32 Å². The summed E-state index contributed by atoms with van der Waals surface area (Å²) in [4.78, 5) is 2.12. The molecular formula is C10H20N4O2S. The first kappa shape index (κ1) is 14.4. The van der Waals surface area contributed by atoms with Crippen LogP contribution in [0.1, 0.15) is 6.92 Å². The molecule has 1 atom stereocenters. The van der Waals surface area contributed by atoms with E-state index in [9.17, 15) is 8.42 Å². The first-order valence-electron chi connectivity index (χ1n) is 5.78. The Morgan fingerprint density at radius 2 is 1.94 bits per heavy atom. The lowest BCUT2D eigenvalue weighted by Gasteiger charge is -2.34. The third-order valence-electron chi connectivity index (χ3n) is 2.85. The number of rotatable bonds is 5. The van der Waals surface area contributed by atoms with Gasteiger partial charge in [-0.3, -0.25) is 4.90 Å². The van der Waals surface area contributed by atoms with Crippen molar-refractivity contribution in [1.82, 2.24) is 14.5 Å². The van der Waals surface area contributed by atoms with Gasteiger partial charge < -0.3 is 5.32 Å². The molecule has 0 amide bonds. The Balaban J connectivity index is 2.40. The summed E-state index contributed by atoms with van der Waals surface area (Å²) in [6.45, 7) is 5.80. The maximum atomic E-state index is 11.3. The first-order chi connectivity index (χ1) is 7.97. The number of nitriles is 1. The normalized spacial score (nSPS) is 21.0. The van der Waals surface area contributed by atoms with Crippen molar-refractivity contribution in [3.8, 4) is 6.07 Å². The monoisotopic (exact) mass is 260 g/mol. The van der Waals surface area contributed by atoms with Crippen LogP contribution in [0.2, 0.25) is 0 Å². The van der Waals surface area contributed by atoms with Crippen LogP contribution in [0.5, 0.6) is 0 Å². The highest BCUT2D eigenvalue weighted by Gasteiger charge is 2.24. The van der Waals surface area contributed by atoms with E-state index in [4.69, 9.17) is 5.26 Å². The van der Waals surface area contributed by atoms with Crippen LogP contribution in [0.4, 0.5) is 0 Å². The van der Waals surface area contributed by atoms with Crippen molar-refractivity contribution in [1.29, 1.82) is 5.26 Å². The fourth-order valence-corrected chi connectivity index (χ4v) is 2.73. The van der Waals surface area contributed by atoms with E-state index in [-0.39, 0.29) is 6.04 Å². The highest BCUT2D eigenvalue weighted by molar-refractivity contribution is 7.88. The van der Waals surface area contributed by atoms with Gasteiger partial charge >= 0.3 is 0 Å². The minimum Gasteiger partial charge on any atom is -0.301 e. The van der Waals surface area contributed by atoms with E-state index in [1.54, 1.807) is 0 Å². The molecule has 0 aromatic heterocycles. The number of likely N-dealkylation sites (N-methyl/N-ethyl adjacent to an activating group) is 1. The number of hydrogen-bond donors (Lipinski definition) is 1. The zero-order chi connectivity index (χ0) is 12.9. The van der Waals surface area contributed by atoms with Gasteiger partial charge in [0.25, 0.3) is 0 Å². The Labute approximate surface area is 103 Å². The quantitative estimate of drug-likeness (QED) is 0.691. The van der Waals surface area contributed by atoms with E-state index < -0.39 is 10.0 Å². The summed E-state index contributed by atoms with van der Waals surface area (Å²) in [5.41, 5.74) is 0. The zero-order valence-corrected chi connectivity index (χ0v) is 11.2. The van der Waals surface area contributed by atoms with E-state index in [2.05, 4.69) is 16.3 Å². The lowest BCUT2D eigenvalue weighted by Crippen LogP contribution is -2.51. The van der Waals surface area contributed by atoms with Gasteiger partial charge in [0.05, 0.1) is 12.3 Å². The van der Waals surface area contributed by atoms with Gasteiger partial charge in [0, 0.05) is 32.7 Å². The summed E-state index contributed by atoms with van der Waals surface area (Å²) in [7, 11) is -3.07. The van der Waals surface area contributed by atoms with E-state index in [1.165, 1.54) is 10.6 Å². The Kier molecular flexibility index (Phi) is 5.33. The lowest BCUT2D eigenvalue weighted by atomic mass is 10.2. The number of nitrogens with zero attached hydrogens (tertiary/aromatic N) is 3. The molecule has 0 spiro atoms. The van der Waals surface area contributed by atoms with Crippen molar-refractivity contribution < 1.29 is 8.42 Å². The van der Waals surface area contributed by atoms with Gasteiger partial charge in [-0.05, 0) is 6.54 Å². The molecule has 0 radical (unpaired) electrons. The van der Waals surface area contributed by atoms with Gasteiger partial charge in [0.1, 0.15) is 6.04 Å². The predicted molar refractivity (Wildman–Crippen MR) is 65.9 cm³/mol. The summed E-state index contributed by atoms with van der Waals surface area (Å²) < 4.78 is 24.1. The molecule has 1 aliphatic heterocycles. The average Bonchev–Trinajstić information content (AvgIpc) is 2.28. The van der Waals surface area contributed by atoms with E-state index in [0.717, 1.165) is 6.54 Å². The van der Waals surface area contributed by atoms with Crippen LogP contribution >= 0.6 is 0 Å². The fourth-order valence-electron chi connectivity index (χ4n) is 1.90. The summed E-state index contributed by atoms with van der Waals surface area (Å²) >= 11 is 0. The summed E-state index contributed by atoms with van der Waals surface area (Å²) in [6, 6.07) is 2.03. The molecular weight excluding hydrogens is 240 g/mol. The number of hydrogen-bond acceptors (Lipinski definition) is 5. The van der Waals surface area contributed by atoms with Crippen molar-refractivity contribution in [2.24, 2.45) is 0 Å². The summed E-state index contributed by atoms with van der Waals surface area (Å²) in [6.07, 6.45) is 1.24. The SMILES string of the molecule is CCNC(C#N)CN1CCN(S(C)(=O)=O)CC1. The third kappa shape index (κ3) is 4.60. The average molecular weight is 260 g/mol. The number of nitrogens with one attached hydrogen (secondary N) is 1. The van der Waals surface area contributed by atoms with Gasteiger partial charge in [-0.25, -0.2) is 8.42 Å². The molecule has 1 heterocycles. The molecule has 1 fully saturated rings. The van der Waals surface area contributed by atoms with Crippen molar-refractivity contribution in [2.75, 3.05) is 45.5 Å². The molecule has 1 rings (SSSR count). The molecule has 7 heteroatoms. The van der Waals surface area contributed by atoms with Crippen molar-refractivity contribution >= 4 is 10.0 Å². The fraction of sp³-hybridized carbons (Fsp3) is 0.900. The Morgan fingerprint density at radius 1 is 1.35 bits per heavy atom. The number of sulfonamides is 1. The van der Waals surface area contributed by atoms with Crippen LogP contribution in [0.15, 0.2) is 0 Å². The van der Waals surface area contributed by atoms with Crippen molar-refractivity contribution in [3.05, 3.63) is 0 Å². The molecule has 1 N–H and O–H groups in total. The summed E-state index contributed by atoms with van der Waals surface area (Å²) in [5, 5.41) is 12.0. The minimum absolute atomic E-state index is 0.176. The Morgan fingerprint density at radius 3 is 2.35 bits per heavy atom. The topological polar surface area (TPSA) is 76.4 Å². The standard InChI is InChI=1S/C10H20N4O2S/c1-3-12-10(8-11)9-13-4-6-14(7-5-13)17(2,15)16/h10,12H,3-7,9H2,1-2H3. The molecule has 0 bridgehead atoms. The summed E-state index contributed by atoms with van der Waals surface area (Å²) in [5.74, 6) is 0. The first-order valence-corrected chi connectivity index (χ1v) is 7.62. The maximum Gasteiger partial charge on any atom is 0.211 e. The second-order valence-corrected chi connectivity index (χ2v) is 6.18. The predicted octanol–water partition coefficient (Wildman–Crippen LogP) is -0.935. The van der Waals surface area contributed by atoms with E-state index in [1.807, 2.05) is 6.92 Å². The van der Waals surface area contributed by atoms with E-state index >= 15 is 0 Å². The van der Waals surface area contributed by atoms with Gasteiger partial charge in [-0.2, -0.15) is 9.57 Å². The van der Waals surface area contributed by atoms with Gasteiger partial charge in [-0.15, -0.1) is 0 Å². The van der Waals surface area contributed by atoms with E-state index in [0.29, 0.717) is 32.7 Å². The minimum atomic E-state index is -3.07. The molecule has 1 saturated heterocycles. The zero-order valence-electron chi connectivity index (χ0n) is 10.4. The number of piperazine rings is 1. The van der Waals surface area contributed by atoms with Gasteiger partial charge in [0.15, 0.2) is 0 Å². The van der Waals surface area contributed by atoms with Crippen molar-refractivity contribution in [3.63, 3.8) is 0 Å². The Bertz CT molecular complexity index is 368. The molecule has 17 heavy (non-hydrogen) atoms. The molecule has 1 aliphatic rings. The molecule has 0 saturated carbocycles. The Hall–Kier alpha value is -0.680. The van der Waals surface area contributed by atoms with Crippen molar-refractivity contribution in [2.45, 2.75) is 13.0 Å². The molecule has 6 nitrogen and oxygen atoms in total. The highest BCUT2D eigenvalue weighted by Crippen LogP contribution is 2.06. The van der Waals surface area contributed by atoms with Gasteiger partial charge in [0.2, 0.25) is 10.0 Å². The largest absolute Gasteiger partial charge is 0.301 e. The maximum absolute atomic E-state index is 11.3. The van der Waals surface area contributed by atoms with Gasteiger partial charge in [-0.1, -0.05) is 6.92 Å². The smallest absolute Gasteiger partial charge is 0.211 e. The van der Waals surface area contributed by atoms with Crippen LogP contribution in [0.25, 0.3) is 0 Å².